The van der Waals surface area contributed by atoms with E-state index in [1.807, 2.05) is 0 Å². The molecule has 0 aromatic heterocycles. The summed E-state index contributed by atoms with van der Waals surface area (Å²) in [6.07, 6.45) is 0. The highest BCUT2D eigenvalue weighted by Gasteiger charge is 2.33. The fourth-order valence-corrected chi connectivity index (χ4v) is 4.22. The van der Waals surface area contributed by atoms with Gasteiger partial charge in [0, 0.05) is 35.7 Å². The molecule has 1 heterocycles. The lowest BCUT2D eigenvalue weighted by Gasteiger charge is -2.26. The summed E-state index contributed by atoms with van der Waals surface area (Å²) >= 11 is 1.56. The van der Waals surface area contributed by atoms with Gasteiger partial charge in [0.1, 0.15) is 11.1 Å². The fourth-order valence-electron chi connectivity index (χ4n) is 2.95. The highest BCUT2D eigenvalue weighted by molar-refractivity contribution is 7.99. The molecule has 150 valence electrons. The molecule has 0 radical (unpaired) electrons. The number of carbonyl (C=O) groups is 1. The van der Waals surface area contributed by atoms with Crippen molar-refractivity contribution in [3.8, 4) is 17.2 Å². The van der Waals surface area contributed by atoms with Crippen LogP contribution in [0, 0.1) is 11.6 Å². The van der Waals surface area contributed by atoms with Gasteiger partial charge in [0.25, 0.3) is 0 Å². The zero-order valence-corrected chi connectivity index (χ0v) is 16.4. The molecule has 1 atom stereocenters. The molecule has 0 bridgehead atoms. The van der Waals surface area contributed by atoms with Crippen molar-refractivity contribution >= 4 is 23.5 Å². The van der Waals surface area contributed by atoms with Crippen LogP contribution in [0.5, 0.6) is 17.2 Å². The van der Waals surface area contributed by atoms with Crippen molar-refractivity contribution < 1.29 is 27.8 Å². The number of thioether (sulfide) groups is 1. The molecule has 3 rings (SSSR count). The van der Waals surface area contributed by atoms with Gasteiger partial charge in [-0.2, -0.15) is 0 Å². The van der Waals surface area contributed by atoms with Crippen molar-refractivity contribution in [2.24, 2.45) is 0 Å². The Hall–Kier alpha value is -2.68. The number of anilines is 1. The van der Waals surface area contributed by atoms with E-state index >= 15 is 0 Å². The normalized spacial score (nSPS) is 16.0. The number of ether oxygens (including phenoxy) is 3. The first-order chi connectivity index (χ1) is 13.5. The van der Waals surface area contributed by atoms with Gasteiger partial charge in [0.15, 0.2) is 23.1 Å². The largest absolute Gasteiger partial charge is 0.496 e. The van der Waals surface area contributed by atoms with Crippen LogP contribution in [0.1, 0.15) is 10.9 Å². The number of carbonyl (C=O) groups excluding carboxylic acids is 1. The Morgan fingerprint density at radius 1 is 1.04 bits per heavy atom. The molecule has 1 saturated heterocycles. The molecule has 2 amide bonds. The average Bonchev–Trinajstić information content (AvgIpc) is 3.19. The molecule has 2 aromatic rings. The van der Waals surface area contributed by atoms with Gasteiger partial charge < -0.3 is 24.4 Å². The first-order valence-corrected chi connectivity index (χ1v) is 9.47. The summed E-state index contributed by atoms with van der Waals surface area (Å²) in [5.74, 6) is 0.320. The first kappa shape index (κ1) is 20.1. The van der Waals surface area contributed by atoms with E-state index in [2.05, 4.69) is 5.32 Å². The molecule has 0 spiro atoms. The minimum Gasteiger partial charge on any atom is -0.496 e. The fraction of sp³-hybridized carbons (Fsp3) is 0.316. The molecule has 0 saturated carbocycles. The minimum atomic E-state index is -1.02. The van der Waals surface area contributed by atoms with E-state index < -0.39 is 17.7 Å². The summed E-state index contributed by atoms with van der Waals surface area (Å²) < 4.78 is 42.7. The highest BCUT2D eigenvalue weighted by Crippen LogP contribution is 2.46. The number of rotatable bonds is 5. The predicted molar refractivity (Wildman–Crippen MR) is 103 cm³/mol. The van der Waals surface area contributed by atoms with Crippen molar-refractivity contribution in [2.75, 3.05) is 38.9 Å². The van der Waals surface area contributed by atoms with E-state index in [1.54, 1.807) is 28.8 Å². The monoisotopic (exact) mass is 410 g/mol. The van der Waals surface area contributed by atoms with Crippen LogP contribution >= 0.6 is 11.8 Å². The number of nitrogens with one attached hydrogen (secondary N) is 1. The maximum absolute atomic E-state index is 13.4. The lowest BCUT2D eigenvalue weighted by Crippen LogP contribution is -2.34. The Balaban J connectivity index is 1.88. The smallest absolute Gasteiger partial charge is 0.323 e. The van der Waals surface area contributed by atoms with Crippen LogP contribution in [-0.2, 0) is 0 Å². The standard InChI is InChI=1S/C19H20F2N2O4S/c1-25-15-10-17(27-3)16(26-2)9-12(15)18-23(6-7-28-18)19(24)22-11-4-5-13(20)14(21)8-11/h4-5,8-10,18H,6-7H2,1-3H3,(H,22,24). The van der Waals surface area contributed by atoms with Gasteiger partial charge in [0.2, 0.25) is 0 Å². The van der Waals surface area contributed by atoms with Crippen molar-refractivity contribution in [1.82, 2.24) is 4.90 Å². The van der Waals surface area contributed by atoms with Crippen molar-refractivity contribution in [3.63, 3.8) is 0 Å². The minimum absolute atomic E-state index is 0.179. The van der Waals surface area contributed by atoms with Crippen LogP contribution in [0.3, 0.4) is 0 Å². The average molecular weight is 410 g/mol. The summed E-state index contributed by atoms with van der Waals surface area (Å²) in [5.41, 5.74) is 0.932. The number of halogens is 2. The second kappa shape index (κ2) is 8.55. The molecule has 1 aliphatic heterocycles. The highest BCUT2D eigenvalue weighted by atomic mass is 32.2. The van der Waals surface area contributed by atoms with Gasteiger partial charge in [-0.15, -0.1) is 11.8 Å². The molecule has 28 heavy (non-hydrogen) atoms. The van der Waals surface area contributed by atoms with E-state index in [4.69, 9.17) is 14.2 Å². The van der Waals surface area contributed by atoms with Crippen LogP contribution in [0.4, 0.5) is 19.3 Å². The van der Waals surface area contributed by atoms with Gasteiger partial charge in [-0.05, 0) is 18.2 Å². The van der Waals surface area contributed by atoms with Gasteiger partial charge in [0.05, 0.1) is 21.3 Å². The van der Waals surface area contributed by atoms with E-state index in [-0.39, 0.29) is 11.1 Å². The zero-order valence-electron chi connectivity index (χ0n) is 15.6. The third-order valence-corrected chi connectivity index (χ3v) is 5.57. The lowest BCUT2D eigenvalue weighted by molar-refractivity contribution is 0.213. The SMILES string of the molecule is COc1cc(OC)c(C2SCCN2C(=O)Nc2ccc(F)c(F)c2)cc1OC. The number of benzene rings is 2. The quantitative estimate of drug-likeness (QED) is 0.798. The molecule has 1 aliphatic rings. The number of hydrogen-bond donors (Lipinski definition) is 1. The molecule has 9 heteroatoms. The Bertz CT molecular complexity index is 881. The zero-order chi connectivity index (χ0) is 20.3. The summed E-state index contributed by atoms with van der Waals surface area (Å²) in [5, 5.41) is 2.28. The van der Waals surface area contributed by atoms with Crippen LogP contribution in [0.15, 0.2) is 30.3 Å². The third-order valence-electron chi connectivity index (χ3n) is 4.32. The summed E-state index contributed by atoms with van der Waals surface area (Å²) in [6, 6.07) is 6.29. The number of nitrogens with zero attached hydrogens (tertiary/aromatic N) is 1. The summed E-state index contributed by atoms with van der Waals surface area (Å²) in [6.45, 7) is 0.488. The van der Waals surface area contributed by atoms with Crippen LogP contribution < -0.4 is 19.5 Å². The second-order valence-corrected chi connectivity index (χ2v) is 7.11. The van der Waals surface area contributed by atoms with Crippen LogP contribution in [-0.4, -0.2) is 44.6 Å². The van der Waals surface area contributed by atoms with Crippen molar-refractivity contribution in [2.45, 2.75) is 5.37 Å². The number of amides is 2. The molecule has 1 unspecified atom stereocenters. The number of hydrogen-bond acceptors (Lipinski definition) is 5. The molecule has 0 aliphatic carbocycles. The third kappa shape index (κ3) is 3.94. The molecular formula is C19H20F2N2O4S. The van der Waals surface area contributed by atoms with Crippen molar-refractivity contribution in [3.05, 3.63) is 47.5 Å². The topological polar surface area (TPSA) is 60.0 Å². The van der Waals surface area contributed by atoms with E-state index in [1.165, 1.54) is 27.4 Å². The molecule has 1 fully saturated rings. The second-order valence-electron chi connectivity index (χ2n) is 5.92. The molecular weight excluding hydrogens is 390 g/mol. The van der Waals surface area contributed by atoms with Crippen LogP contribution in [0.2, 0.25) is 0 Å². The van der Waals surface area contributed by atoms with E-state index in [9.17, 15) is 13.6 Å². The molecule has 1 N–H and O–H groups in total. The van der Waals surface area contributed by atoms with Gasteiger partial charge >= 0.3 is 6.03 Å². The van der Waals surface area contributed by atoms with Gasteiger partial charge in [-0.3, -0.25) is 0 Å². The summed E-state index contributed by atoms with van der Waals surface area (Å²) in [7, 11) is 4.60. The van der Waals surface area contributed by atoms with E-state index in [0.29, 0.717) is 29.5 Å². The number of urea groups is 1. The Labute approximate surface area is 165 Å². The lowest BCUT2D eigenvalue weighted by atomic mass is 10.1. The van der Waals surface area contributed by atoms with Crippen molar-refractivity contribution in [1.29, 1.82) is 0 Å². The molecule has 6 nitrogen and oxygen atoms in total. The maximum atomic E-state index is 13.4. The first-order valence-electron chi connectivity index (χ1n) is 8.42. The Morgan fingerprint density at radius 2 is 1.71 bits per heavy atom. The molecule has 2 aromatic carbocycles. The van der Waals surface area contributed by atoms with Gasteiger partial charge in [-0.1, -0.05) is 0 Å². The Kier molecular flexibility index (Phi) is 6.13. The summed E-state index contributed by atoms with van der Waals surface area (Å²) in [4.78, 5) is 14.4. The predicted octanol–water partition coefficient (Wildman–Crippen LogP) is 4.27. The number of methoxy groups -OCH3 is 3. The van der Waals surface area contributed by atoms with Crippen LogP contribution in [0.25, 0.3) is 0 Å². The maximum Gasteiger partial charge on any atom is 0.323 e. The Morgan fingerprint density at radius 3 is 2.36 bits per heavy atom. The van der Waals surface area contributed by atoms with E-state index in [0.717, 1.165) is 17.7 Å². The van der Waals surface area contributed by atoms with Gasteiger partial charge in [-0.25, -0.2) is 13.6 Å².